The van der Waals surface area contributed by atoms with Gasteiger partial charge in [-0.1, -0.05) is 29.8 Å². The topological polar surface area (TPSA) is 81.5 Å². The van der Waals surface area contributed by atoms with Crippen molar-refractivity contribution in [2.45, 2.75) is 30.7 Å². The molecule has 0 spiro atoms. The number of halogens is 1. The number of anilines is 1. The first-order valence-electron chi connectivity index (χ1n) is 13.0. The highest BCUT2D eigenvalue weighted by molar-refractivity contribution is 6.30. The highest BCUT2D eigenvalue weighted by atomic mass is 35.5. The summed E-state index contributed by atoms with van der Waals surface area (Å²) in [5, 5.41) is 13.6. The number of piperidine rings is 1. The van der Waals surface area contributed by atoms with E-state index >= 15 is 0 Å². The largest absolute Gasteiger partial charge is 0.496 e. The fourth-order valence-corrected chi connectivity index (χ4v) is 5.89. The first-order valence-corrected chi connectivity index (χ1v) is 13.4. The number of pyridine rings is 1. The molecule has 1 N–H and O–H groups in total. The van der Waals surface area contributed by atoms with Crippen LogP contribution in [-0.2, 0) is 10.2 Å². The summed E-state index contributed by atoms with van der Waals surface area (Å²) in [5.74, 6) is 0.816. The number of nitrogens with zero attached hydrogens (tertiary/aromatic N) is 4. The van der Waals surface area contributed by atoms with Crippen LogP contribution < -0.4 is 15.0 Å². The van der Waals surface area contributed by atoms with Crippen LogP contribution in [-0.4, -0.2) is 62.2 Å². The molecule has 38 heavy (non-hydrogen) atoms. The molecule has 0 radical (unpaired) electrons. The third kappa shape index (κ3) is 5.07. The Kier molecular flexibility index (Phi) is 7.55. The summed E-state index contributed by atoms with van der Waals surface area (Å²) in [6.07, 6.45) is 4.03. The maximum absolute atomic E-state index is 14.0. The second-order valence-corrected chi connectivity index (χ2v) is 10.6. The van der Waals surface area contributed by atoms with E-state index in [1.165, 1.54) is 0 Å². The van der Waals surface area contributed by atoms with Gasteiger partial charge in [0.15, 0.2) is 0 Å². The molecular formula is C30H32ClN5O2. The van der Waals surface area contributed by atoms with Crippen molar-refractivity contribution in [3.63, 3.8) is 0 Å². The molecule has 2 aromatic carbocycles. The predicted molar refractivity (Wildman–Crippen MR) is 150 cm³/mol. The van der Waals surface area contributed by atoms with Gasteiger partial charge in [-0.3, -0.25) is 9.78 Å². The molecule has 0 aliphatic carbocycles. The highest BCUT2D eigenvalue weighted by Gasteiger charge is 2.44. The van der Waals surface area contributed by atoms with Crippen LogP contribution in [0.1, 0.15) is 30.4 Å². The Labute approximate surface area is 229 Å². The van der Waals surface area contributed by atoms with Crippen molar-refractivity contribution in [3.8, 4) is 23.1 Å². The van der Waals surface area contributed by atoms with Crippen LogP contribution in [0.5, 0.6) is 5.75 Å². The van der Waals surface area contributed by atoms with E-state index in [0.717, 1.165) is 47.8 Å². The Bertz CT molecular complexity index is 1350. The lowest BCUT2D eigenvalue weighted by Gasteiger charge is -2.42. The molecule has 0 bridgehead atoms. The fraction of sp³-hybridized carbons (Fsp3) is 0.367. The zero-order valence-electron chi connectivity index (χ0n) is 21.8. The van der Waals surface area contributed by atoms with Crippen LogP contribution in [0.3, 0.4) is 0 Å². The van der Waals surface area contributed by atoms with Gasteiger partial charge in [0.25, 0.3) is 0 Å². The van der Waals surface area contributed by atoms with E-state index in [9.17, 15) is 10.1 Å². The molecule has 1 unspecified atom stereocenters. The summed E-state index contributed by atoms with van der Waals surface area (Å²) in [6.45, 7) is 3.12. The quantitative estimate of drug-likeness (QED) is 0.501. The summed E-state index contributed by atoms with van der Waals surface area (Å²) in [6, 6.07) is 19.6. The number of hydrogen-bond acceptors (Lipinski definition) is 6. The number of likely N-dealkylation sites (N-methyl/N-ethyl adjacent to an activating group) is 1. The molecule has 2 aliphatic rings. The zero-order valence-corrected chi connectivity index (χ0v) is 22.5. The molecule has 196 valence electrons. The lowest BCUT2D eigenvalue weighted by molar-refractivity contribution is -0.128. The summed E-state index contributed by atoms with van der Waals surface area (Å²) in [7, 11) is 3.74. The van der Waals surface area contributed by atoms with Gasteiger partial charge < -0.3 is 19.9 Å². The molecule has 0 saturated carbocycles. The van der Waals surface area contributed by atoms with Crippen molar-refractivity contribution < 1.29 is 9.53 Å². The van der Waals surface area contributed by atoms with Gasteiger partial charge in [0.05, 0.1) is 29.5 Å². The minimum absolute atomic E-state index is 0.0564. The van der Waals surface area contributed by atoms with E-state index in [1.54, 1.807) is 13.2 Å². The van der Waals surface area contributed by atoms with Gasteiger partial charge in [-0.15, -0.1) is 0 Å². The van der Waals surface area contributed by atoms with Gasteiger partial charge in [0.2, 0.25) is 5.91 Å². The van der Waals surface area contributed by atoms with Crippen LogP contribution in [0.15, 0.2) is 60.8 Å². The number of likely N-dealkylation sites (tertiary alicyclic amines) is 1. The van der Waals surface area contributed by atoms with Crippen molar-refractivity contribution in [1.29, 1.82) is 5.26 Å². The molecule has 5 rings (SSSR count). The zero-order chi connectivity index (χ0) is 26.7. The lowest BCUT2D eigenvalue weighted by atomic mass is 9.72. The Morgan fingerprint density at radius 3 is 2.61 bits per heavy atom. The lowest BCUT2D eigenvalue weighted by Crippen LogP contribution is -2.54. The molecule has 2 aliphatic heterocycles. The maximum Gasteiger partial charge on any atom is 0.231 e. The number of nitriles is 1. The molecule has 3 heterocycles. The van der Waals surface area contributed by atoms with Gasteiger partial charge in [0, 0.05) is 42.5 Å². The third-order valence-corrected chi connectivity index (χ3v) is 8.13. The maximum atomic E-state index is 14.0. The number of carbonyl (C=O) groups excluding carboxylic acids is 1. The molecular weight excluding hydrogens is 498 g/mol. The summed E-state index contributed by atoms with van der Waals surface area (Å²) in [5.41, 5.74) is 3.33. The molecule has 2 saturated heterocycles. The predicted octanol–water partition coefficient (Wildman–Crippen LogP) is 4.64. The molecule has 1 aromatic heterocycles. The average molecular weight is 530 g/mol. The van der Waals surface area contributed by atoms with Crippen LogP contribution >= 0.6 is 11.6 Å². The van der Waals surface area contributed by atoms with E-state index in [-0.39, 0.29) is 11.9 Å². The van der Waals surface area contributed by atoms with Crippen molar-refractivity contribution in [1.82, 2.24) is 15.2 Å². The number of hydrogen-bond donors (Lipinski definition) is 1. The Balaban J connectivity index is 1.44. The summed E-state index contributed by atoms with van der Waals surface area (Å²) < 4.78 is 5.52. The Morgan fingerprint density at radius 2 is 1.95 bits per heavy atom. The molecule has 7 nitrogen and oxygen atoms in total. The van der Waals surface area contributed by atoms with Crippen molar-refractivity contribution in [2.75, 3.05) is 45.2 Å². The van der Waals surface area contributed by atoms with Gasteiger partial charge in [-0.25, -0.2) is 0 Å². The van der Waals surface area contributed by atoms with Gasteiger partial charge in [-0.2, -0.15) is 5.26 Å². The average Bonchev–Trinajstić information content (AvgIpc) is 3.37. The van der Waals surface area contributed by atoms with Crippen molar-refractivity contribution in [3.05, 3.63) is 76.9 Å². The summed E-state index contributed by atoms with van der Waals surface area (Å²) >= 11 is 6.13. The van der Waals surface area contributed by atoms with Crippen LogP contribution in [0.4, 0.5) is 5.69 Å². The van der Waals surface area contributed by atoms with E-state index in [4.69, 9.17) is 21.3 Å². The number of methoxy groups -OCH3 is 1. The minimum Gasteiger partial charge on any atom is -0.496 e. The number of amides is 1. The number of ether oxygens (including phenoxy) is 1. The van der Waals surface area contributed by atoms with Crippen LogP contribution in [0.25, 0.3) is 11.3 Å². The van der Waals surface area contributed by atoms with E-state index in [2.05, 4.69) is 28.2 Å². The highest BCUT2D eigenvalue weighted by Crippen LogP contribution is 2.39. The first-order chi connectivity index (χ1) is 18.4. The molecule has 1 amide bonds. The van der Waals surface area contributed by atoms with Crippen molar-refractivity contribution >= 4 is 23.2 Å². The molecule has 3 aromatic rings. The summed E-state index contributed by atoms with van der Waals surface area (Å²) in [4.78, 5) is 23.2. The standard InChI is InChI=1S/C30H32ClN5O2/c1-35-14-11-24(20-35)34-29(37)30(12-15-36(16-13-30)27-10-8-23(31)17-21(27)18-32)22-7-9-26(33-19-22)25-5-3-4-6-28(25)38-2/h3-10,17,19,24H,11-16,20H2,1-2H3,(H,34,37). The number of rotatable bonds is 6. The number of nitrogens with one attached hydrogen (secondary N) is 1. The van der Waals surface area contributed by atoms with Gasteiger partial charge >= 0.3 is 0 Å². The molecule has 1 atom stereocenters. The monoisotopic (exact) mass is 529 g/mol. The molecule has 8 heteroatoms. The number of carbonyl (C=O) groups is 1. The Hall–Kier alpha value is -3.60. The fourth-order valence-electron chi connectivity index (χ4n) is 5.72. The van der Waals surface area contributed by atoms with Crippen LogP contribution in [0, 0.1) is 11.3 Å². The second-order valence-electron chi connectivity index (χ2n) is 10.2. The van der Waals surface area contributed by atoms with Gasteiger partial charge in [0.1, 0.15) is 11.8 Å². The van der Waals surface area contributed by atoms with Gasteiger partial charge in [-0.05, 0) is 74.8 Å². The third-order valence-electron chi connectivity index (χ3n) is 7.90. The molecule has 2 fully saturated rings. The Morgan fingerprint density at radius 1 is 1.16 bits per heavy atom. The van der Waals surface area contributed by atoms with E-state index in [0.29, 0.717) is 36.5 Å². The van der Waals surface area contributed by atoms with Crippen LogP contribution in [0.2, 0.25) is 5.02 Å². The first kappa shape index (κ1) is 26.0. The second kappa shape index (κ2) is 11.0. The minimum atomic E-state index is -0.705. The SMILES string of the molecule is COc1ccccc1-c1ccc(C2(C(=O)NC3CCN(C)C3)CCN(c3ccc(Cl)cc3C#N)CC2)cn1. The van der Waals surface area contributed by atoms with Crippen molar-refractivity contribution in [2.24, 2.45) is 0 Å². The number of benzene rings is 2. The van der Waals surface area contributed by atoms with E-state index < -0.39 is 5.41 Å². The number of aromatic nitrogens is 1. The smallest absolute Gasteiger partial charge is 0.231 e. The van der Waals surface area contributed by atoms with E-state index in [1.807, 2.05) is 54.7 Å². The normalized spacial score (nSPS) is 19.1. The number of para-hydroxylation sites is 1.